The molecule has 1 saturated heterocycles. The van der Waals surface area contributed by atoms with Gasteiger partial charge in [-0.2, -0.15) is 0 Å². The highest BCUT2D eigenvalue weighted by molar-refractivity contribution is 4.91. The average molecular weight is 364 g/mol. The number of hydrogen-bond donors (Lipinski definition) is 0. The van der Waals surface area contributed by atoms with Crippen molar-refractivity contribution in [2.45, 2.75) is 78.1 Å². The van der Waals surface area contributed by atoms with E-state index in [4.69, 9.17) is 9.47 Å². The van der Waals surface area contributed by atoms with Gasteiger partial charge in [0, 0.05) is 32.5 Å². The number of hydrogen-bond acceptors (Lipinski definition) is 3. The Kier molecular flexibility index (Phi) is 7.93. The lowest BCUT2D eigenvalue weighted by atomic mass is 9.64. The predicted octanol–water partition coefficient (Wildman–Crippen LogP) is 5.42. The molecule has 1 aliphatic heterocycles. The molecule has 2 aliphatic rings. The van der Waals surface area contributed by atoms with Crippen molar-refractivity contribution in [3.63, 3.8) is 0 Å². The molecule has 0 aromatic carbocycles. The highest BCUT2D eigenvalue weighted by atomic mass is 16.7. The maximum atomic E-state index is 6.45. The van der Waals surface area contributed by atoms with Crippen LogP contribution in [-0.4, -0.2) is 43.0 Å². The van der Waals surface area contributed by atoms with Gasteiger partial charge in [-0.25, -0.2) is 0 Å². The second-order valence-electron chi connectivity index (χ2n) is 9.17. The van der Waals surface area contributed by atoms with Crippen molar-refractivity contribution in [2.24, 2.45) is 17.3 Å². The van der Waals surface area contributed by atoms with Crippen LogP contribution in [0.25, 0.3) is 0 Å². The van der Waals surface area contributed by atoms with Gasteiger partial charge in [0.15, 0.2) is 5.79 Å². The van der Waals surface area contributed by atoms with Crippen molar-refractivity contribution in [2.75, 3.05) is 26.2 Å². The zero-order valence-electron chi connectivity index (χ0n) is 17.6. The van der Waals surface area contributed by atoms with Crippen LogP contribution in [0.3, 0.4) is 0 Å². The average Bonchev–Trinajstić information content (AvgIpc) is 3.00. The third-order valence-corrected chi connectivity index (χ3v) is 7.01. The Morgan fingerprint density at radius 1 is 1.15 bits per heavy atom. The lowest BCUT2D eigenvalue weighted by Crippen LogP contribution is -2.41. The molecular weight excluding hydrogens is 322 g/mol. The van der Waals surface area contributed by atoms with Crippen molar-refractivity contribution in [1.82, 2.24) is 4.90 Å². The van der Waals surface area contributed by atoms with Crippen molar-refractivity contribution in [1.29, 1.82) is 0 Å². The molecule has 1 saturated carbocycles. The van der Waals surface area contributed by atoms with Crippen molar-refractivity contribution >= 4 is 0 Å². The molecule has 0 aromatic rings. The minimum atomic E-state index is -0.293. The van der Waals surface area contributed by atoms with Gasteiger partial charge < -0.3 is 9.47 Å². The van der Waals surface area contributed by atoms with Gasteiger partial charge in [-0.05, 0) is 42.9 Å². The summed E-state index contributed by atoms with van der Waals surface area (Å²) in [6.07, 6.45) is 10.8. The molecular formula is C23H41NO2. The maximum Gasteiger partial charge on any atom is 0.168 e. The normalized spacial score (nSPS) is 29.6. The second kappa shape index (κ2) is 9.52. The standard InChI is InChI=1S/C23H41NO2/c1-7-9-16-24(15-8-2)17-12-21-18-25-23(26-21)13-10-20(11-14-23)22(5,6)19(3)4/h7-8,19-21H,1-2,9-18H2,3-6H3. The Balaban J connectivity index is 1.79. The molecule has 0 bridgehead atoms. The van der Waals surface area contributed by atoms with Crippen LogP contribution in [0.2, 0.25) is 0 Å². The molecule has 150 valence electrons. The van der Waals surface area contributed by atoms with Crippen LogP contribution >= 0.6 is 0 Å². The molecule has 2 rings (SSSR count). The SMILES string of the molecule is C=CCCN(CC=C)CCC1COC2(CCC(C(C)(C)C(C)C)CC2)O1. The van der Waals surface area contributed by atoms with Gasteiger partial charge in [0.25, 0.3) is 0 Å². The molecule has 3 heteroatoms. The van der Waals surface area contributed by atoms with E-state index in [0.29, 0.717) is 11.3 Å². The Hall–Kier alpha value is -0.640. The molecule has 0 radical (unpaired) electrons. The Labute approximate surface area is 161 Å². The Morgan fingerprint density at radius 3 is 2.42 bits per heavy atom. The van der Waals surface area contributed by atoms with Crippen LogP contribution in [0.5, 0.6) is 0 Å². The molecule has 1 heterocycles. The number of rotatable bonds is 10. The molecule has 0 amide bonds. The van der Waals surface area contributed by atoms with Gasteiger partial charge >= 0.3 is 0 Å². The molecule has 1 atom stereocenters. The van der Waals surface area contributed by atoms with Gasteiger partial charge in [0.05, 0.1) is 12.7 Å². The minimum Gasteiger partial charge on any atom is -0.347 e. The first-order chi connectivity index (χ1) is 12.3. The summed E-state index contributed by atoms with van der Waals surface area (Å²) < 4.78 is 12.7. The van der Waals surface area contributed by atoms with E-state index in [1.807, 2.05) is 12.2 Å². The van der Waals surface area contributed by atoms with Crippen LogP contribution in [-0.2, 0) is 9.47 Å². The third kappa shape index (κ3) is 5.43. The summed E-state index contributed by atoms with van der Waals surface area (Å²) in [5.74, 6) is 1.20. The smallest absolute Gasteiger partial charge is 0.168 e. The molecule has 1 unspecified atom stereocenters. The van der Waals surface area contributed by atoms with Gasteiger partial charge in [0.1, 0.15) is 0 Å². The predicted molar refractivity (Wildman–Crippen MR) is 110 cm³/mol. The summed E-state index contributed by atoms with van der Waals surface area (Å²) in [5, 5.41) is 0. The van der Waals surface area contributed by atoms with E-state index < -0.39 is 0 Å². The van der Waals surface area contributed by atoms with Crippen molar-refractivity contribution in [3.05, 3.63) is 25.3 Å². The van der Waals surface area contributed by atoms with Crippen LogP contribution < -0.4 is 0 Å². The Bertz CT molecular complexity index is 449. The quantitative estimate of drug-likeness (QED) is 0.483. The fourth-order valence-corrected chi connectivity index (χ4v) is 4.37. The lowest BCUT2D eigenvalue weighted by Gasteiger charge is -2.44. The largest absolute Gasteiger partial charge is 0.347 e. The summed E-state index contributed by atoms with van der Waals surface area (Å²) >= 11 is 0. The first-order valence-electron chi connectivity index (χ1n) is 10.6. The van der Waals surface area contributed by atoms with Crippen LogP contribution in [0.4, 0.5) is 0 Å². The van der Waals surface area contributed by atoms with Gasteiger partial charge in [-0.3, -0.25) is 4.90 Å². The number of nitrogens with zero attached hydrogens (tertiary/aromatic N) is 1. The van der Waals surface area contributed by atoms with Crippen LogP contribution in [0.1, 0.15) is 66.2 Å². The summed E-state index contributed by atoms with van der Waals surface area (Å²) in [6, 6.07) is 0. The van der Waals surface area contributed by atoms with E-state index in [-0.39, 0.29) is 11.9 Å². The summed E-state index contributed by atoms with van der Waals surface area (Å²) in [5.41, 5.74) is 0.399. The minimum absolute atomic E-state index is 0.237. The summed E-state index contributed by atoms with van der Waals surface area (Å²) in [6.45, 7) is 21.0. The molecule has 26 heavy (non-hydrogen) atoms. The van der Waals surface area contributed by atoms with Crippen LogP contribution in [0, 0.1) is 17.3 Å². The molecule has 3 nitrogen and oxygen atoms in total. The van der Waals surface area contributed by atoms with E-state index in [2.05, 4.69) is 45.8 Å². The van der Waals surface area contributed by atoms with E-state index >= 15 is 0 Å². The first-order valence-corrected chi connectivity index (χ1v) is 10.6. The Morgan fingerprint density at radius 2 is 1.85 bits per heavy atom. The fraction of sp³-hybridized carbons (Fsp3) is 0.826. The zero-order chi connectivity index (χ0) is 19.2. The van der Waals surface area contributed by atoms with E-state index in [1.165, 1.54) is 12.8 Å². The van der Waals surface area contributed by atoms with Gasteiger partial charge in [0.2, 0.25) is 0 Å². The third-order valence-electron chi connectivity index (χ3n) is 7.01. The summed E-state index contributed by atoms with van der Waals surface area (Å²) in [7, 11) is 0. The van der Waals surface area contributed by atoms with E-state index in [9.17, 15) is 0 Å². The second-order valence-corrected chi connectivity index (χ2v) is 9.17. The summed E-state index contributed by atoms with van der Waals surface area (Å²) in [4.78, 5) is 2.42. The van der Waals surface area contributed by atoms with Gasteiger partial charge in [-0.1, -0.05) is 39.8 Å². The topological polar surface area (TPSA) is 21.7 Å². The van der Waals surface area contributed by atoms with Crippen LogP contribution in [0.15, 0.2) is 25.3 Å². The number of ether oxygens (including phenoxy) is 2. The lowest BCUT2D eigenvalue weighted by molar-refractivity contribution is -0.198. The molecule has 0 aromatic heterocycles. The van der Waals surface area contributed by atoms with E-state index in [1.54, 1.807) is 0 Å². The first kappa shape index (κ1) is 21.7. The molecule has 1 spiro atoms. The zero-order valence-corrected chi connectivity index (χ0v) is 17.6. The maximum absolute atomic E-state index is 6.45. The highest BCUT2D eigenvalue weighted by Gasteiger charge is 2.46. The fourth-order valence-electron chi connectivity index (χ4n) is 4.37. The van der Waals surface area contributed by atoms with E-state index in [0.717, 1.165) is 57.8 Å². The monoisotopic (exact) mass is 363 g/mol. The van der Waals surface area contributed by atoms with Crippen molar-refractivity contribution in [3.8, 4) is 0 Å². The van der Waals surface area contributed by atoms with Crippen molar-refractivity contribution < 1.29 is 9.47 Å². The molecule has 1 aliphatic carbocycles. The molecule has 0 N–H and O–H groups in total. The highest BCUT2D eigenvalue weighted by Crippen LogP contribution is 2.48. The molecule has 2 fully saturated rings. The van der Waals surface area contributed by atoms with Gasteiger partial charge in [-0.15, -0.1) is 13.2 Å².